The number of benzene rings is 1. The van der Waals surface area contributed by atoms with Gasteiger partial charge >= 0.3 is 0 Å². The van der Waals surface area contributed by atoms with E-state index >= 15 is 0 Å². The van der Waals surface area contributed by atoms with Crippen molar-refractivity contribution in [1.82, 2.24) is 9.55 Å². The molecule has 0 saturated carbocycles. The standard InChI is InChI=1S/C11H7Cl3N2O/c12-8-2-1-7(3-9(8)13)5-16-6-15-10(14)4-11(16)17/h1-4,6H,5H2. The Kier molecular flexibility index (Phi) is 3.72. The average molecular weight is 290 g/mol. The summed E-state index contributed by atoms with van der Waals surface area (Å²) in [7, 11) is 0. The average Bonchev–Trinajstić information content (AvgIpc) is 2.27. The van der Waals surface area contributed by atoms with Crippen molar-refractivity contribution in [2.45, 2.75) is 6.54 Å². The normalized spacial score (nSPS) is 10.5. The molecule has 0 atom stereocenters. The zero-order valence-corrected chi connectivity index (χ0v) is 10.8. The molecule has 0 saturated heterocycles. The number of nitrogens with zero attached hydrogens (tertiary/aromatic N) is 2. The molecule has 0 aliphatic heterocycles. The molecule has 0 bridgehead atoms. The molecule has 0 N–H and O–H groups in total. The summed E-state index contributed by atoms with van der Waals surface area (Å²) < 4.78 is 1.44. The summed E-state index contributed by atoms with van der Waals surface area (Å²) in [6, 6.07) is 6.47. The van der Waals surface area contributed by atoms with E-state index in [2.05, 4.69) is 4.98 Å². The highest BCUT2D eigenvalue weighted by Gasteiger charge is 2.02. The summed E-state index contributed by atoms with van der Waals surface area (Å²) in [4.78, 5) is 15.4. The number of hydrogen-bond donors (Lipinski definition) is 0. The van der Waals surface area contributed by atoms with Crippen molar-refractivity contribution in [2.75, 3.05) is 0 Å². The minimum atomic E-state index is -0.212. The highest BCUT2D eigenvalue weighted by Crippen LogP contribution is 2.22. The minimum absolute atomic E-state index is 0.181. The topological polar surface area (TPSA) is 34.9 Å². The minimum Gasteiger partial charge on any atom is -0.295 e. The van der Waals surface area contributed by atoms with E-state index in [-0.39, 0.29) is 10.7 Å². The van der Waals surface area contributed by atoms with Crippen molar-refractivity contribution in [1.29, 1.82) is 0 Å². The van der Waals surface area contributed by atoms with Crippen LogP contribution in [-0.4, -0.2) is 9.55 Å². The summed E-state index contributed by atoms with van der Waals surface area (Å²) in [5.74, 6) is 0. The summed E-state index contributed by atoms with van der Waals surface area (Å²) in [6.45, 7) is 0.375. The predicted molar refractivity (Wildman–Crippen MR) is 69.1 cm³/mol. The molecular formula is C11H7Cl3N2O. The van der Waals surface area contributed by atoms with E-state index in [1.165, 1.54) is 17.0 Å². The number of hydrogen-bond acceptors (Lipinski definition) is 2. The van der Waals surface area contributed by atoms with Crippen molar-refractivity contribution < 1.29 is 0 Å². The Morgan fingerprint density at radius 2 is 1.88 bits per heavy atom. The van der Waals surface area contributed by atoms with Crippen LogP contribution in [-0.2, 0) is 6.54 Å². The molecule has 1 heterocycles. The first kappa shape index (κ1) is 12.4. The summed E-state index contributed by atoms with van der Waals surface area (Å²) >= 11 is 17.3. The SMILES string of the molecule is O=c1cc(Cl)ncn1Cc1ccc(Cl)c(Cl)c1. The van der Waals surface area contributed by atoms with Crippen LogP contribution in [0.1, 0.15) is 5.56 Å². The number of rotatable bonds is 2. The zero-order chi connectivity index (χ0) is 12.4. The first-order chi connectivity index (χ1) is 8.06. The van der Waals surface area contributed by atoms with Gasteiger partial charge in [0.15, 0.2) is 0 Å². The molecule has 0 fully saturated rings. The van der Waals surface area contributed by atoms with E-state index < -0.39 is 0 Å². The van der Waals surface area contributed by atoms with Crippen LogP contribution in [0.5, 0.6) is 0 Å². The molecule has 17 heavy (non-hydrogen) atoms. The number of halogens is 3. The fourth-order valence-electron chi connectivity index (χ4n) is 1.36. The fraction of sp³-hybridized carbons (Fsp3) is 0.0909. The highest BCUT2D eigenvalue weighted by molar-refractivity contribution is 6.42. The lowest BCUT2D eigenvalue weighted by Crippen LogP contribution is -2.19. The summed E-state index contributed by atoms with van der Waals surface area (Å²) in [5, 5.41) is 1.12. The molecule has 0 radical (unpaired) electrons. The van der Waals surface area contributed by atoms with Gasteiger partial charge in [0.2, 0.25) is 0 Å². The van der Waals surface area contributed by atoms with Crippen LogP contribution in [0.15, 0.2) is 35.4 Å². The maximum atomic E-state index is 11.6. The molecule has 0 aliphatic carbocycles. The lowest BCUT2D eigenvalue weighted by molar-refractivity contribution is 0.736. The van der Waals surface area contributed by atoms with Crippen molar-refractivity contribution in [3.63, 3.8) is 0 Å². The third-order valence-electron chi connectivity index (χ3n) is 2.18. The first-order valence-electron chi connectivity index (χ1n) is 4.72. The summed E-state index contributed by atoms with van der Waals surface area (Å²) in [6.07, 6.45) is 1.40. The van der Waals surface area contributed by atoms with Crippen molar-refractivity contribution in [3.05, 3.63) is 61.7 Å². The van der Waals surface area contributed by atoms with Gasteiger partial charge in [0.05, 0.1) is 22.9 Å². The Bertz CT molecular complexity index is 610. The Labute approximate surface area is 113 Å². The maximum Gasteiger partial charge on any atom is 0.255 e. The van der Waals surface area contributed by atoms with Crippen LogP contribution in [0.4, 0.5) is 0 Å². The van der Waals surface area contributed by atoms with Gasteiger partial charge in [-0.05, 0) is 17.7 Å². The van der Waals surface area contributed by atoms with Gasteiger partial charge in [0.25, 0.3) is 5.56 Å². The maximum absolute atomic E-state index is 11.6. The Morgan fingerprint density at radius 1 is 1.12 bits per heavy atom. The molecule has 0 aliphatic rings. The van der Waals surface area contributed by atoms with Crippen LogP contribution >= 0.6 is 34.8 Å². The molecule has 2 aromatic rings. The molecule has 0 amide bonds. The van der Waals surface area contributed by atoms with Gasteiger partial charge in [-0.3, -0.25) is 9.36 Å². The van der Waals surface area contributed by atoms with Crippen LogP contribution in [0.25, 0.3) is 0 Å². The fourth-order valence-corrected chi connectivity index (χ4v) is 1.81. The van der Waals surface area contributed by atoms with E-state index in [1.807, 2.05) is 0 Å². The zero-order valence-electron chi connectivity index (χ0n) is 8.53. The van der Waals surface area contributed by atoms with Crippen LogP contribution < -0.4 is 5.56 Å². The number of aromatic nitrogens is 2. The predicted octanol–water partition coefficient (Wildman–Crippen LogP) is 3.25. The van der Waals surface area contributed by atoms with Gasteiger partial charge in [-0.1, -0.05) is 40.9 Å². The molecule has 0 unspecified atom stereocenters. The Morgan fingerprint density at radius 3 is 2.53 bits per heavy atom. The molecule has 3 nitrogen and oxygen atoms in total. The second-order valence-corrected chi connectivity index (χ2v) is 4.63. The molecule has 88 valence electrons. The highest BCUT2D eigenvalue weighted by atomic mass is 35.5. The molecular weight excluding hydrogens is 282 g/mol. The molecule has 2 rings (SSSR count). The first-order valence-corrected chi connectivity index (χ1v) is 5.85. The molecule has 6 heteroatoms. The Balaban J connectivity index is 2.31. The van der Waals surface area contributed by atoms with Crippen LogP contribution in [0, 0.1) is 0 Å². The van der Waals surface area contributed by atoms with Crippen molar-refractivity contribution >= 4 is 34.8 Å². The lowest BCUT2D eigenvalue weighted by Gasteiger charge is -2.06. The molecule has 1 aromatic heterocycles. The van der Waals surface area contributed by atoms with Gasteiger partial charge in [-0.25, -0.2) is 4.98 Å². The monoisotopic (exact) mass is 288 g/mol. The quantitative estimate of drug-likeness (QED) is 0.796. The van der Waals surface area contributed by atoms with E-state index in [4.69, 9.17) is 34.8 Å². The van der Waals surface area contributed by atoms with E-state index in [1.54, 1.807) is 18.2 Å². The van der Waals surface area contributed by atoms with Crippen LogP contribution in [0.2, 0.25) is 15.2 Å². The van der Waals surface area contributed by atoms with Crippen molar-refractivity contribution in [3.8, 4) is 0 Å². The van der Waals surface area contributed by atoms with Gasteiger partial charge in [0, 0.05) is 6.07 Å². The largest absolute Gasteiger partial charge is 0.295 e. The van der Waals surface area contributed by atoms with Gasteiger partial charge < -0.3 is 0 Å². The second kappa shape index (κ2) is 5.08. The smallest absolute Gasteiger partial charge is 0.255 e. The van der Waals surface area contributed by atoms with Gasteiger partial charge in [-0.15, -0.1) is 0 Å². The summed E-state index contributed by atoms with van der Waals surface area (Å²) in [5.41, 5.74) is 0.654. The third kappa shape index (κ3) is 3.00. The second-order valence-electron chi connectivity index (χ2n) is 3.43. The van der Waals surface area contributed by atoms with Crippen LogP contribution in [0.3, 0.4) is 0 Å². The van der Waals surface area contributed by atoms with E-state index in [0.717, 1.165) is 5.56 Å². The van der Waals surface area contributed by atoms with Gasteiger partial charge in [0.1, 0.15) is 5.15 Å². The van der Waals surface area contributed by atoms with E-state index in [0.29, 0.717) is 16.6 Å². The third-order valence-corrected chi connectivity index (χ3v) is 3.13. The van der Waals surface area contributed by atoms with Crippen molar-refractivity contribution in [2.24, 2.45) is 0 Å². The van der Waals surface area contributed by atoms with Gasteiger partial charge in [-0.2, -0.15) is 0 Å². The van der Waals surface area contributed by atoms with E-state index in [9.17, 15) is 4.79 Å². The molecule has 1 aromatic carbocycles. The lowest BCUT2D eigenvalue weighted by atomic mass is 10.2. The molecule has 0 spiro atoms. The Hall–Kier alpha value is -1.03.